The van der Waals surface area contributed by atoms with Crippen LogP contribution in [0, 0.1) is 5.82 Å². The molecule has 1 amide bonds. The first-order chi connectivity index (χ1) is 13.5. The second-order valence-corrected chi connectivity index (χ2v) is 6.21. The summed E-state index contributed by atoms with van der Waals surface area (Å²) in [6, 6.07) is 9.93. The van der Waals surface area contributed by atoms with Gasteiger partial charge in [-0.05, 0) is 35.9 Å². The molecule has 0 atom stereocenters. The largest absolute Gasteiger partial charge is 0.493 e. The maximum absolute atomic E-state index is 13.3. The summed E-state index contributed by atoms with van der Waals surface area (Å²) in [5.41, 5.74) is 2.29. The fourth-order valence-electron chi connectivity index (χ4n) is 2.93. The number of halogens is 1. The van der Waals surface area contributed by atoms with Gasteiger partial charge in [0.2, 0.25) is 5.91 Å². The van der Waals surface area contributed by atoms with Crippen molar-refractivity contribution in [2.45, 2.75) is 6.42 Å². The van der Waals surface area contributed by atoms with E-state index >= 15 is 0 Å². The topological polar surface area (TPSA) is 65.4 Å². The van der Waals surface area contributed by atoms with Gasteiger partial charge in [-0.1, -0.05) is 6.07 Å². The van der Waals surface area contributed by atoms with Gasteiger partial charge < -0.3 is 19.4 Å². The van der Waals surface area contributed by atoms with E-state index in [0.717, 1.165) is 16.9 Å². The van der Waals surface area contributed by atoms with Crippen LogP contribution < -0.4 is 14.8 Å². The molecule has 0 unspecified atom stereocenters. The van der Waals surface area contributed by atoms with Crippen molar-refractivity contribution in [3.63, 3.8) is 0 Å². The molecule has 0 spiro atoms. The fraction of sp³-hybridized carbons (Fsp3) is 0.238. The molecule has 0 saturated carbocycles. The lowest BCUT2D eigenvalue weighted by Crippen LogP contribution is -2.24. The molecule has 146 valence electrons. The highest BCUT2D eigenvalue weighted by Crippen LogP contribution is 2.27. The van der Waals surface area contributed by atoms with Crippen molar-refractivity contribution in [3.8, 4) is 11.5 Å². The standard InChI is InChI=1S/C21H22FN3O3/c1-25-17-7-6-15(22)13-16(17)24-20(25)10-11-23-21(26)9-5-14-4-8-18(27-2)19(12-14)28-3/h4-9,12-13H,10-11H2,1-3H3,(H,23,26). The summed E-state index contributed by atoms with van der Waals surface area (Å²) in [5.74, 6) is 1.49. The third kappa shape index (κ3) is 4.31. The minimum absolute atomic E-state index is 0.209. The van der Waals surface area contributed by atoms with Gasteiger partial charge in [0, 0.05) is 32.2 Å². The first-order valence-electron chi connectivity index (χ1n) is 8.80. The van der Waals surface area contributed by atoms with Gasteiger partial charge in [0.05, 0.1) is 25.3 Å². The third-order valence-electron chi connectivity index (χ3n) is 4.42. The van der Waals surface area contributed by atoms with Crippen molar-refractivity contribution >= 4 is 23.0 Å². The molecule has 7 heteroatoms. The smallest absolute Gasteiger partial charge is 0.244 e. The van der Waals surface area contributed by atoms with Crippen LogP contribution in [0.2, 0.25) is 0 Å². The Morgan fingerprint density at radius 1 is 1.18 bits per heavy atom. The number of carbonyl (C=O) groups excluding carboxylic acids is 1. The van der Waals surface area contributed by atoms with Gasteiger partial charge in [0.15, 0.2) is 11.5 Å². The van der Waals surface area contributed by atoms with Crippen LogP contribution in [0.1, 0.15) is 11.4 Å². The lowest BCUT2D eigenvalue weighted by atomic mass is 10.2. The Labute approximate surface area is 162 Å². The van der Waals surface area contributed by atoms with Crippen molar-refractivity contribution in [1.82, 2.24) is 14.9 Å². The number of amides is 1. The molecule has 0 fully saturated rings. The average molecular weight is 383 g/mol. The molecule has 3 rings (SSSR count). The minimum atomic E-state index is -0.314. The van der Waals surface area contributed by atoms with Crippen molar-refractivity contribution in [2.75, 3.05) is 20.8 Å². The summed E-state index contributed by atoms with van der Waals surface area (Å²) >= 11 is 0. The molecule has 0 saturated heterocycles. The number of imidazole rings is 1. The van der Waals surface area contributed by atoms with Crippen molar-refractivity contribution < 1.29 is 18.7 Å². The second-order valence-electron chi connectivity index (χ2n) is 6.21. The maximum Gasteiger partial charge on any atom is 0.244 e. The van der Waals surface area contributed by atoms with Gasteiger partial charge in [0.25, 0.3) is 0 Å². The van der Waals surface area contributed by atoms with Crippen LogP contribution in [0.25, 0.3) is 17.1 Å². The molecule has 1 heterocycles. The Hall–Kier alpha value is -3.35. The number of carbonyl (C=O) groups is 1. The van der Waals surface area contributed by atoms with Crippen LogP contribution in [0.15, 0.2) is 42.5 Å². The van der Waals surface area contributed by atoms with E-state index in [9.17, 15) is 9.18 Å². The van der Waals surface area contributed by atoms with E-state index in [0.29, 0.717) is 30.0 Å². The normalized spacial score (nSPS) is 11.1. The Kier molecular flexibility index (Phi) is 5.93. The number of aromatic nitrogens is 2. The van der Waals surface area contributed by atoms with Gasteiger partial charge in [-0.2, -0.15) is 0 Å². The summed E-state index contributed by atoms with van der Waals surface area (Å²) in [5, 5.41) is 2.83. The summed E-state index contributed by atoms with van der Waals surface area (Å²) in [4.78, 5) is 16.5. The van der Waals surface area contributed by atoms with E-state index in [1.54, 1.807) is 38.5 Å². The highest BCUT2D eigenvalue weighted by Gasteiger charge is 2.09. The molecule has 1 N–H and O–H groups in total. The first kappa shape index (κ1) is 19.4. The molecular formula is C21H22FN3O3. The lowest BCUT2D eigenvalue weighted by molar-refractivity contribution is -0.116. The lowest BCUT2D eigenvalue weighted by Gasteiger charge is -2.07. The number of benzene rings is 2. The Morgan fingerprint density at radius 3 is 2.71 bits per heavy atom. The highest BCUT2D eigenvalue weighted by molar-refractivity contribution is 5.91. The number of aryl methyl sites for hydroxylation is 1. The fourth-order valence-corrected chi connectivity index (χ4v) is 2.93. The SMILES string of the molecule is COc1ccc(C=CC(=O)NCCc2nc3cc(F)ccc3n2C)cc1OC. The van der Waals surface area contributed by atoms with E-state index in [2.05, 4.69) is 10.3 Å². The summed E-state index contributed by atoms with van der Waals surface area (Å²) in [6.45, 7) is 0.425. The molecule has 0 radical (unpaired) electrons. The monoisotopic (exact) mass is 383 g/mol. The molecule has 28 heavy (non-hydrogen) atoms. The zero-order chi connectivity index (χ0) is 20.1. The van der Waals surface area contributed by atoms with E-state index in [-0.39, 0.29) is 11.7 Å². The summed E-state index contributed by atoms with van der Waals surface area (Å²) in [6.07, 6.45) is 3.71. The predicted molar refractivity (Wildman–Crippen MR) is 106 cm³/mol. The van der Waals surface area contributed by atoms with Gasteiger partial charge in [-0.3, -0.25) is 4.79 Å². The van der Waals surface area contributed by atoms with E-state index in [1.165, 1.54) is 18.2 Å². The zero-order valence-corrected chi connectivity index (χ0v) is 16.0. The highest BCUT2D eigenvalue weighted by atomic mass is 19.1. The van der Waals surface area contributed by atoms with Crippen LogP contribution in [0.5, 0.6) is 11.5 Å². The summed E-state index contributed by atoms with van der Waals surface area (Å²) in [7, 11) is 5.01. The van der Waals surface area contributed by atoms with E-state index < -0.39 is 0 Å². The predicted octanol–water partition coefficient (Wildman–Crippen LogP) is 3.10. The number of hydrogen-bond acceptors (Lipinski definition) is 4. The number of methoxy groups -OCH3 is 2. The van der Waals surface area contributed by atoms with Crippen LogP contribution in [-0.2, 0) is 18.3 Å². The van der Waals surface area contributed by atoms with Crippen molar-refractivity contribution in [2.24, 2.45) is 7.05 Å². The molecule has 0 aliphatic carbocycles. The molecule has 1 aromatic heterocycles. The second kappa shape index (κ2) is 8.56. The van der Waals surface area contributed by atoms with Crippen molar-refractivity contribution in [3.05, 3.63) is 59.7 Å². The Morgan fingerprint density at radius 2 is 1.96 bits per heavy atom. The molecular weight excluding hydrogens is 361 g/mol. The zero-order valence-electron chi connectivity index (χ0n) is 16.0. The number of ether oxygens (including phenoxy) is 2. The molecule has 3 aromatic rings. The summed E-state index contributed by atoms with van der Waals surface area (Å²) < 4.78 is 25.7. The molecule has 0 aliphatic heterocycles. The van der Waals surface area contributed by atoms with Crippen molar-refractivity contribution in [1.29, 1.82) is 0 Å². The minimum Gasteiger partial charge on any atom is -0.493 e. The molecule has 0 aliphatic rings. The average Bonchev–Trinajstić information content (AvgIpc) is 3.00. The maximum atomic E-state index is 13.3. The molecule has 2 aromatic carbocycles. The number of rotatable bonds is 7. The quantitative estimate of drug-likeness (QED) is 0.637. The molecule has 6 nitrogen and oxygen atoms in total. The van der Waals surface area contributed by atoms with Crippen LogP contribution in [0.3, 0.4) is 0 Å². The number of hydrogen-bond donors (Lipinski definition) is 1. The molecule has 0 bridgehead atoms. The van der Waals surface area contributed by atoms with Gasteiger partial charge in [0.1, 0.15) is 11.6 Å². The number of nitrogens with one attached hydrogen (secondary N) is 1. The Balaban J connectivity index is 1.57. The van der Waals surface area contributed by atoms with Gasteiger partial charge >= 0.3 is 0 Å². The first-order valence-corrected chi connectivity index (χ1v) is 8.80. The van der Waals surface area contributed by atoms with Crippen LogP contribution in [0.4, 0.5) is 4.39 Å². The van der Waals surface area contributed by atoms with E-state index in [1.807, 2.05) is 17.7 Å². The van der Waals surface area contributed by atoms with Gasteiger partial charge in [-0.25, -0.2) is 9.37 Å². The third-order valence-corrected chi connectivity index (χ3v) is 4.42. The van der Waals surface area contributed by atoms with E-state index in [4.69, 9.17) is 9.47 Å². The Bertz CT molecular complexity index is 1030. The van der Waals surface area contributed by atoms with Gasteiger partial charge in [-0.15, -0.1) is 0 Å². The number of nitrogens with zero attached hydrogens (tertiary/aromatic N) is 2. The van der Waals surface area contributed by atoms with Crippen LogP contribution in [-0.4, -0.2) is 36.2 Å². The van der Waals surface area contributed by atoms with Crippen LogP contribution >= 0.6 is 0 Å². The number of fused-ring (bicyclic) bond motifs is 1.